The van der Waals surface area contributed by atoms with Crippen molar-refractivity contribution < 1.29 is 14.6 Å². The van der Waals surface area contributed by atoms with Crippen molar-refractivity contribution in [3.05, 3.63) is 106 Å². The topological polar surface area (TPSA) is 49.8 Å². The fourth-order valence-corrected chi connectivity index (χ4v) is 4.19. The van der Waals surface area contributed by atoms with Crippen LogP contribution in [0.1, 0.15) is 22.7 Å². The SMILES string of the molecule is COc1ccccc1CN1C(=O)C(O)=C(c2ccccc2)[C@@H]1c1cccc(Br)c1. The highest BCUT2D eigenvalue weighted by Crippen LogP contribution is 2.44. The molecule has 4 rings (SSSR count). The van der Waals surface area contributed by atoms with Crippen LogP contribution in [-0.4, -0.2) is 23.0 Å². The molecule has 0 spiro atoms. The Hall–Kier alpha value is -3.05. The van der Waals surface area contributed by atoms with Crippen molar-refractivity contribution in [1.82, 2.24) is 4.90 Å². The molecule has 0 aliphatic carbocycles. The summed E-state index contributed by atoms with van der Waals surface area (Å²) in [6.07, 6.45) is 0. The normalized spacial score (nSPS) is 16.4. The summed E-state index contributed by atoms with van der Waals surface area (Å²) in [5.41, 5.74) is 3.24. The first-order chi connectivity index (χ1) is 14.1. The van der Waals surface area contributed by atoms with Gasteiger partial charge in [0.1, 0.15) is 5.75 Å². The van der Waals surface area contributed by atoms with Crippen LogP contribution >= 0.6 is 15.9 Å². The van der Waals surface area contributed by atoms with Gasteiger partial charge in [0.25, 0.3) is 5.91 Å². The molecule has 0 fully saturated rings. The largest absolute Gasteiger partial charge is 0.503 e. The van der Waals surface area contributed by atoms with Gasteiger partial charge in [-0.2, -0.15) is 0 Å². The molecule has 146 valence electrons. The van der Waals surface area contributed by atoms with Crippen molar-refractivity contribution in [3.8, 4) is 5.75 Å². The minimum absolute atomic E-state index is 0.212. The van der Waals surface area contributed by atoms with Crippen molar-refractivity contribution >= 4 is 27.4 Å². The predicted octanol–water partition coefficient (Wildman–Crippen LogP) is 5.51. The average molecular weight is 450 g/mol. The molecule has 0 saturated carbocycles. The first-order valence-electron chi connectivity index (χ1n) is 9.27. The van der Waals surface area contributed by atoms with Gasteiger partial charge in [0.05, 0.1) is 19.7 Å². The second kappa shape index (κ2) is 8.13. The molecular formula is C24H20BrNO3. The van der Waals surface area contributed by atoms with E-state index in [2.05, 4.69) is 15.9 Å². The predicted molar refractivity (Wildman–Crippen MR) is 116 cm³/mol. The summed E-state index contributed by atoms with van der Waals surface area (Å²) in [7, 11) is 1.61. The number of amides is 1. The lowest BCUT2D eigenvalue weighted by atomic mass is 9.93. The second-order valence-electron chi connectivity index (χ2n) is 6.83. The summed E-state index contributed by atoms with van der Waals surface area (Å²) >= 11 is 3.52. The number of ether oxygens (including phenoxy) is 1. The highest BCUT2D eigenvalue weighted by Gasteiger charge is 2.41. The van der Waals surface area contributed by atoms with Crippen LogP contribution in [-0.2, 0) is 11.3 Å². The summed E-state index contributed by atoms with van der Waals surface area (Å²) in [6.45, 7) is 0.320. The minimum Gasteiger partial charge on any atom is -0.503 e. The van der Waals surface area contributed by atoms with Crippen molar-refractivity contribution in [3.63, 3.8) is 0 Å². The molecule has 4 nitrogen and oxygen atoms in total. The molecule has 1 atom stereocenters. The van der Waals surface area contributed by atoms with Crippen LogP contribution in [0.2, 0.25) is 0 Å². The first kappa shape index (κ1) is 19.3. The number of nitrogens with zero attached hydrogens (tertiary/aromatic N) is 1. The quantitative estimate of drug-likeness (QED) is 0.558. The molecule has 1 heterocycles. The van der Waals surface area contributed by atoms with E-state index in [1.54, 1.807) is 12.0 Å². The fraction of sp³-hybridized carbons (Fsp3) is 0.125. The third-order valence-corrected chi connectivity index (χ3v) is 5.58. The molecular weight excluding hydrogens is 430 g/mol. The van der Waals surface area contributed by atoms with E-state index in [0.717, 1.165) is 21.2 Å². The molecule has 29 heavy (non-hydrogen) atoms. The molecule has 5 heteroatoms. The maximum Gasteiger partial charge on any atom is 0.290 e. The minimum atomic E-state index is -0.410. The highest BCUT2D eigenvalue weighted by molar-refractivity contribution is 9.10. The molecule has 1 aliphatic rings. The number of hydrogen-bond acceptors (Lipinski definition) is 3. The van der Waals surface area contributed by atoms with Crippen LogP contribution in [0.5, 0.6) is 5.75 Å². The first-order valence-corrected chi connectivity index (χ1v) is 10.1. The zero-order valence-corrected chi connectivity index (χ0v) is 17.5. The van der Waals surface area contributed by atoms with Crippen molar-refractivity contribution in [2.24, 2.45) is 0 Å². The van der Waals surface area contributed by atoms with Crippen molar-refractivity contribution in [2.75, 3.05) is 7.11 Å². The monoisotopic (exact) mass is 449 g/mol. The van der Waals surface area contributed by atoms with E-state index >= 15 is 0 Å². The zero-order valence-electron chi connectivity index (χ0n) is 15.9. The molecule has 0 radical (unpaired) electrons. The maximum absolute atomic E-state index is 13.1. The number of halogens is 1. The van der Waals surface area contributed by atoms with Crippen molar-refractivity contribution in [1.29, 1.82) is 0 Å². The van der Waals surface area contributed by atoms with E-state index in [0.29, 0.717) is 17.9 Å². The molecule has 0 unspecified atom stereocenters. The van der Waals surface area contributed by atoms with Gasteiger partial charge in [-0.05, 0) is 29.3 Å². The van der Waals surface area contributed by atoms with E-state index in [-0.39, 0.29) is 11.7 Å². The molecule has 3 aromatic rings. The number of rotatable bonds is 5. The smallest absolute Gasteiger partial charge is 0.290 e. The number of aliphatic hydroxyl groups is 1. The average Bonchev–Trinajstić information content (AvgIpc) is 3.00. The Bertz CT molecular complexity index is 1080. The van der Waals surface area contributed by atoms with Gasteiger partial charge in [0.15, 0.2) is 5.76 Å². The van der Waals surface area contributed by atoms with Crippen molar-refractivity contribution in [2.45, 2.75) is 12.6 Å². The molecule has 3 aromatic carbocycles. The van der Waals surface area contributed by atoms with Gasteiger partial charge in [-0.3, -0.25) is 4.79 Å². The van der Waals surface area contributed by atoms with Crippen LogP contribution in [0.4, 0.5) is 0 Å². The van der Waals surface area contributed by atoms with Crippen LogP contribution in [0.25, 0.3) is 5.57 Å². The lowest BCUT2D eigenvalue weighted by Gasteiger charge is -2.28. The van der Waals surface area contributed by atoms with Crippen LogP contribution in [0.15, 0.2) is 89.1 Å². The van der Waals surface area contributed by atoms with E-state index < -0.39 is 6.04 Å². The van der Waals surface area contributed by atoms with E-state index in [1.807, 2.05) is 78.9 Å². The molecule has 0 saturated heterocycles. The molecule has 1 amide bonds. The number of methoxy groups -OCH3 is 1. The Morgan fingerprint density at radius 3 is 2.45 bits per heavy atom. The summed E-state index contributed by atoms with van der Waals surface area (Å²) < 4.78 is 6.38. The third kappa shape index (κ3) is 3.66. The van der Waals surface area contributed by atoms with Crippen LogP contribution < -0.4 is 4.74 Å². The van der Waals surface area contributed by atoms with E-state index in [1.165, 1.54) is 0 Å². The number of aliphatic hydroxyl groups excluding tert-OH is 1. The highest BCUT2D eigenvalue weighted by atomic mass is 79.9. The summed E-state index contributed by atoms with van der Waals surface area (Å²) in [5, 5.41) is 10.8. The lowest BCUT2D eigenvalue weighted by molar-refractivity contribution is -0.130. The number of hydrogen-bond donors (Lipinski definition) is 1. The molecule has 0 bridgehead atoms. The van der Waals surface area contributed by atoms with Gasteiger partial charge < -0.3 is 14.7 Å². The van der Waals surface area contributed by atoms with Crippen LogP contribution in [0, 0.1) is 0 Å². The van der Waals surface area contributed by atoms with E-state index in [4.69, 9.17) is 4.74 Å². The third-order valence-electron chi connectivity index (χ3n) is 5.09. The maximum atomic E-state index is 13.1. The number of carbonyl (C=O) groups is 1. The molecule has 1 N–H and O–H groups in total. The molecule has 0 aromatic heterocycles. The Morgan fingerprint density at radius 2 is 1.72 bits per heavy atom. The Balaban J connectivity index is 1.83. The summed E-state index contributed by atoms with van der Waals surface area (Å²) in [4.78, 5) is 14.8. The van der Waals surface area contributed by atoms with Gasteiger partial charge >= 0.3 is 0 Å². The second-order valence-corrected chi connectivity index (χ2v) is 7.75. The van der Waals surface area contributed by atoms with Gasteiger partial charge in [0, 0.05) is 15.6 Å². The number of para-hydroxylation sites is 1. The Morgan fingerprint density at radius 1 is 1.00 bits per heavy atom. The fourth-order valence-electron chi connectivity index (χ4n) is 3.77. The summed E-state index contributed by atoms with van der Waals surface area (Å²) in [5.74, 6) is 0.108. The lowest BCUT2D eigenvalue weighted by Crippen LogP contribution is -2.30. The number of carbonyl (C=O) groups excluding carboxylic acids is 1. The van der Waals surface area contributed by atoms with Gasteiger partial charge in [-0.25, -0.2) is 0 Å². The Labute approximate surface area is 178 Å². The molecule has 1 aliphatic heterocycles. The standard InChI is InChI=1S/C24H20BrNO3/c1-29-20-13-6-5-10-18(20)15-26-22(17-11-7-12-19(25)14-17)21(23(27)24(26)28)16-8-3-2-4-9-16/h2-14,22,27H,15H2,1H3/t22-/m0/s1. The van der Waals surface area contributed by atoms with Gasteiger partial charge in [-0.15, -0.1) is 0 Å². The Kier molecular flexibility index (Phi) is 5.41. The van der Waals surface area contributed by atoms with Crippen LogP contribution in [0.3, 0.4) is 0 Å². The van der Waals surface area contributed by atoms with E-state index in [9.17, 15) is 9.90 Å². The number of benzene rings is 3. The zero-order chi connectivity index (χ0) is 20.4. The summed E-state index contributed by atoms with van der Waals surface area (Å²) in [6, 6.07) is 24.6. The van der Waals surface area contributed by atoms with Gasteiger partial charge in [-0.1, -0.05) is 76.6 Å². The van der Waals surface area contributed by atoms with Gasteiger partial charge in [0.2, 0.25) is 0 Å².